The maximum absolute atomic E-state index is 12.0. The maximum atomic E-state index is 12.0. The normalized spacial score (nSPS) is 13.9. The van der Waals surface area contributed by atoms with E-state index in [1.807, 2.05) is 4.68 Å². The first-order valence-electron chi connectivity index (χ1n) is 7.83. The molecule has 0 spiro atoms. The van der Waals surface area contributed by atoms with Crippen molar-refractivity contribution in [3.63, 3.8) is 0 Å². The van der Waals surface area contributed by atoms with Crippen molar-refractivity contribution in [1.29, 1.82) is 0 Å². The van der Waals surface area contributed by atoms with E-state index in [-0.39, 0.29) is 17.0 Å². The van der Waals surface area contributed by atoms with Crippen molar-refractivity contribution >= 4 is 9.84 Å². The van der Waals surface area contributed by atoms with Gasteiger partial charge in [-0.15, -0.1) is 0 Å². The quantitative estimate of drug-likeness (QED) is 0.798. The van der Waals surface area contributed by atoms with E-state index < -0.39 is 9.84 Å². The monoisotopic (exact) mass is 315 g/mol. The van der Waals surface area contributed by atoms with E-state index in [0.29, 0.717) is 6.54 Å². The highest BCUT2D eigenvalue weighted by Gasteiger charge is 2.22. The van der Waals surface area contributed by atoms with Crippen molar-refractivity contribution < 1.29 is 8.42 Å². The van der Waals surface area contributed by atoms with E-state index in [9.17, 15) is 8.42 Å². The summed E-state index contributed by atoms with van der Waals surface area (Å²) in [7, 11) is -3.05. The fourth-order valence-electron chi connectivity index (χ4n) is 2.47. The van der Waals surface area contributed by atoms with Crippen molar-refractivity contribution in [2.75, 3.05) is 5.75 Å². The minimum Gasteiger partial charge on any atom is -0.324 e. The van der Waals surface area contributed by atoms with E-state index in [0.717, 1.165) is 36.2 Å². The molecule has 0 aliphatic carbocycles. The Morgan fingerprint density at radius 2 is 1.81 bits per heavy atom. The Morgan fingerprint density at radius 1 is 1.19 bits per heavy atom. The Bertz CT molecular complexity index is 562. The molecular formula is C15H29N3O2S. The summed E-state index contributed by atoms with van der Waals surface area (Å²) in [6.45, 7) is 10.0. The number of hydrogen-bond acceptors (Lipinski definition) is 4. The van der Waals surface area contributed by atoms with Crippen LogP contribution in [0.1, 0.15) is 64.0 Å². The molecule has 0 aromatic carbocycles. The van der Waals surface area contributed by atoms with E-state index in [2.05, 4.69) is 25.9 Å². The second-order valence-electron chi connectivity index (χ2n) is 5.67. The van der Waals surface area contributed by atoms with E-state index in [4.69, 9.17) is 5.73 Å². The molecule has 0 radical (unpaired) electrons. The van der Waals surface area contributed by atoms with Gasteiger partial charge in [-0.3, -0.25) is 4.68 Å². The van der Waals surface area contributed by atoms with Gasteiger partial charge in [-0.1, -0.05) is 20.8 Å². The van der Waals surface area contributed by atoms with Gasteiger partial charge >= 0.3 is 0 Å². The molecule has 1 atom stereocenters. The molecule has 6 heteroatoms. The first kappa shape index (κ1) is 18.2. The molecule has 0 aliphatic heterocycles. The minimum atomic E-state index is -3.05. The maximum Gasteiger partial charge on any atom is 0.154 e. The highest BCUT2D eigenvalue weighted by molar-refractivity contribution is 7.91. The van der Waals surface area contributed by atoms with Crippen molar-refractivity contribution in [2.45, 2.75) is 71.7 Å². The Hall–Kier alpha value is -0.880. The van der Waals surface area contributed by atoms with Crippen LogP contribution in [0.5, 0.6) is 0 Å². The minimum absolute atomic E-state index is 0.0228. The molecule has 1 rings (SSSR count). The molecule has 5 nitrogen and oxygen atoms in total. The Morgan fingerprint density at radius 3 is 2.24 bits per heavy atom. The predicted octanol–water partition coefficient (Wildman–Crippen LogP) is 2.24. The molecule has 1 unspecified atom stereocenters. The number of nitrogens with two attached hydrogens (primary N) is 1. The molecule has 122 valence electrons. The second-order valence-corrected chi connectivity index (χ2v) is 8.34. The highest BCUT2D eigenvalue weighted by atomic mass is 32.2. The van der Waals surface area contributed by atoms with Crippen LogP contribution in [-0.4, -0.2) is 29.2 Å². The van der Waals surface area contributed by atoms with Gasteiger partial charge in [0.2, 0.25) is 0 Å². The van der Waals surface area contributed by atoms with Gasteiger partial charge in [-0.25, -0.2) is 8.42 Å². The Balaban J connectivity index is 3.11. The average Bonchev–Trinajstić information content (AvgIpc) is 2.81. The van der Waals surface area contributed by atoms with Crippen LogP contribution in [0, 0.1) is 0 Å². The summed E-state index contributed by atoms with van der Waals surface area (Å²) < 4.78 is 25.8. The molecule has 0 fully saturated rings. The molecule has 1 aromatic rings. The lowest BCUT2D eigenvalue weighted by molar-refractivity contribution is 0.564. The first-order valence-corrected chi connectivity index (χ1v) is 9.55. The van der Waals surface area contributed by atoms with Gasteiger partial charge < -0.3 is 5.73 Å². The molecule has 0 aliphatic rings. The zero-order valence-electron chi connectivity index (χ0n) is 13.9. The topological polar surface area (TPSA) is 78.0 Å². The zero-order valence-corrected chi connectivity index (χ0v) is 14.7. The second kappa shape index (κ2) is 7.40. The third-order valence-corrected chi connectivity index (χ3v) is 6.15. The van der Waals surface area contributed by atoms with Gasteiger partial charge in [0.1, 0.15) is 0 Å². The summed E-state index contributed by atoms with van der Waals surface area (Å²) in [6.07, 6.45) is 2.49. The van der Waals surface area contributed by atoms with Crippen LogP contribution >= 0.6 is 0 Å². The van der Waals surface area contributed by atoms with E-state index in [1.165, 1.54) is 0 Å². The van der Waals surface area contributed by atoms with Crippen LogP contribution in [0.25, 0.3) is 0 Å². The van der Waals surface area contributed by atoms with Crippen LogP contribution in [-0.2, 0) is 29.2 Å². The molecule has 1 aromatic heterocycles. The number of hydrogen-bond donors (Lipinski definition) is 1. The van der Waals surface area contributed by atoms with Gasteiger partial charge in [-0.05, 0) is 33.1 Å². The number of rotatable bonds is 8. The Labute approximate surface area is 128 Å². The van der Waals surface area contributed by atoms with Crippen molar-refractivity contribution in [2.24, 2.45) is 5.73 Å². The highest BCUT2D eigenvalue weighted by Crippen LogP contribution is 2.24. The average molecular weight is 315 g/mol. The third-order valence-electron chi connectivity index (χ3n) is 3.96. The van der Waals surface area contributed by atoms with Gasteiger partial charge in [0, 0.05) is 17.3 Å². The summed E-state index contributed by atoms with van der Waals surface area (Å²) in [6, 6.07) is -0.0228. The van der Waals surface area contributed by atoms with Gasteiger partial charge in [-0.2, -0.15) is 5.10 Å². The van der Waals surface area contributed by atoms with E-state index in [1.54, 1.807) is 13.8 Å². The number of aromatic nitrogens is 2. The van der Waals surface area contributed by atoms with Crippen molar-refractivity contribution in [1.82, 2.24) is 9.78 Å². The van der Waals surface area contributed by atoms with Crippen LogP contribution in [0.2, 0.25) is 0 Å². The summed E-state index contributed by atoms with van der Waals surface area (Å²) in [5.41, 5.74) is 9.42. The largest absolute Gasteiger partial charge is 0.324 e. The molecular weight excluding hydrogens is 286 g/mol. The lowest BCUT2D eigenvalue weighted by Gasteiger charge is -2.13. The number of nitrogens with zero attached hydrogens (tertiary/aromatic N) is 2. The van der Waals surface area contributed by atoms with Crippen LogP contribution < -0.4 is 5.73 Å². The molecule has 2 N–H and O–H groups in total. The smallest absolute Gasteiger partial charge is 0.154 e. The van der Waals surface area contributed by atoms with Gasteiger partial charge in [0.15, 0.2) is 9.84 Å². The van der Waals surface area contributed by atoms with Gasteiger partial charge in [0.05, 0.1) is 23.2 Å². The van der Waals surface area contributed by atoms with E-state index >= 15 is 0 Å². The lowest BCUT2D eigenvalue weighted by atomic mass is 10.00. The fourth-order valence-corrected chi connectivity index (χ4v) is 3.36. The number of sulfone groups is 1. The fraction of sp³-hybridized carbons (Fsp3) is 0.800. The molecule has 0 saturated carbocycles. The molecule has 21 heavy (non-hydrogen) atoms. The van der Waals surface area contributed by atoms with Crippen LogP contribution in [0.4, 0.5) is 0 Å². The third kappa shape index (κ3) is 4.07. The summed E-state index contributed by atoms with van der Waals surface area (Å²) in [5, 5.41) is 4.26. The van der Waals surface area contributed by atoms with Crippen LogP contribution in [0.15, 0.2) is 0 Å². The Kier molecular flexibility index (Phi) is 6.41. The standard InChI is InChI=1S/C15H29N3O2S/c1-6-12(16)15-13(7-2)17-18(14(15)8-3)9-10-21(19,20)11(4)5/h11-12H,6-10,16H2,1-5H3. The zero-order chi connectivity index (χ0) is 16.2. The summed E-state index contributed by atoms with van der Waals surface area (Å²) in [4.78, 5) is 0. The molecule has 0 saturated heterocycles. The molecule has 0 amide bonds. The molecule has 0 bridgehead atoms. The lowest BCUT2D eigenvalue weighted by Crippen LogP contribution is -2.22. The first-order chi connectivity index (χ1) is 9.78. The molecule has 1 heterocycles. The van der Waals surface area contributed by atoms with Crippen molar-refractivity contribution in [3.05, 3.63) is 17.0 Å². The SMILES string of the molecule is CCc1nn(CCS(=O)(=O)C(C)C)c(CC)c1C(N)CC. The predicted molar refractivity (Wildman–Crippen MR) is 87.1 cm³/mol. The summed E-state index contributed by atoms with van der Waals surface area (Å²) >= 11 is 0. The number of aryl methyl sites for hydroxylation is 2. The summed E-state index contributed by atoms with van der Waals surface area (Å²) in [5.74, 6) is 0.128. The van der Waals surface area contributed by atoms with Crippen molar-refractivity contribution in [3.8, 4) is 0 Å². The van der Waals surface area contributed by atoms with Gasteiger partial charge in [0.25, 0.3) is 0 Å². The van der Waals surface area contributed by atoms with Crippen LogP contribution in [0.3, 0.4) is 0 Å².